The highest BCUT2D eigenvalue weighted by Crippen LogP contribution is 2.21. The Hall–Kier alpha value is -4.68. The standard InChI is InChI=1S/C27H29F2N7O4/c1-27(2,3)40-26(39)36-10-4-9-35(11-12-36)19-15-31-23(32-16-19)25(38)33-21-7-5-17(28)13-20(21)24(37)34-22-8-6-18(29)14-30-22/h5-8,13-16H,4,9-12H2,1-3H3,(H,33,38)(H,30,34,37). The van der Waals surface area contributed by atoms with Gasteiger partial charge in [-0.2, -0.15) is 0 Å². The first-order valence-corrected chi connectivity index (χ1v) is 12.6. The van der Waals surface area contributed by atoms with Crippen LogP contribution in [0.4, 0.5) is 30.8 Å². The molecule has 4 rings (SSSR count). The Morgan fingerprint density at radius 3 is 2.25 bits per heavy atom. The number of carbonyl (C=O) groups is 3. The van der Waals surface area contributed by atoms with Gasteiger partial charge in [-0.1, -0.05) is 0 Å². The zero-order valence-electron chi connectivity index (χ0n) is 22.3. The predicted molar refractivity (Wildman–Crippen MR) is 143 cm³/mol. The van der Waals surface area contributed by atoms with Crippen molar-refractivity contribution in [1.29, 1.82) is 0 Å². The van der Waals surface area contributed by atoms with Crippen LogP contribution in [0, 0.1) is 11.6 Å². The predicted octanol–water partition coefficient (Wildman–Crippen LogP) is 4.10. The van der Waals surface area contributed by atoms with Gasteiger partial charge in [-0.3, -0.25) is 9.59 Å². The molecule has 1 aliphatic heterocycles. The molecule has 1 saturated heterocycles. The van der Waals surface area contributed by atoms with Crippen molar-refractivity contribution in [3.63, 3.8) is 0 Å². The molecule has 0 saturated carbocycles. The molecule has 3 amide bonds. The smallest absolute Gasteiger partial charge is 0.410 e. The number of pyridine rings is 1. The second-order valence-corrected chi connectivity index (χ2v) is 10.0. The van der Waals surface area contributed by atoms with Gasteiger partial charge in [-0.15, -0.1) is 0 Å². The van der Waals surface area contributed by atoms with Crippen molar-refractivity contribution in [3.8, 4) is 0 Å². The number of aromatic nitrogens is 3. The SMILES string of the molecule is CC(C)(C)OC(=O)N1CCCN(c2cnc(C(=O)Nc3ccc(F)cc3C(=O)Nc3ccc(F)cn3)nc2)CC1. The van der Waals surface area contributed by atoms with E-state index in [9.17, 15) is 23.2 Å². The number of anilines is 3. The van der Waals surface area contributed by atoms with E-state index in [-0.39, 0.29) is 29.0 Å². The zero-order valence-corrected chi connectivity index (χ0v) is 22.3. The van der Waals surface area contributed by atoms with E-state index >= 15 is 0 Å². The fourth-order valence-electron chi connectivity index (χ4n) is 3.91. The van der Waals surface area contributed by atoms with Crippen LogP contribution in [0.3, 0.4) is 0 Å². The lowest BCUT2D eigenvalue weighted by Crippen LogP contribution is -2.39. The Balaban J connectivity index is 1.41. The normalized spacial score (nSPS) is 13.8. The van der Waals surface area contributed by atoms with Gasteiger partial charge in [0.15, 0.2) is 0 Å². The van der Waals surface area contributed by atoms with E-state index in [2.05, 4.69) is 25.6 Å². The molecule has 13 heteroatoms. The number of nitrogens with zero attached hydrogens (tertiary/aromatic N) is 5. The Kier molecular flexibility index (Phi) is 8.51. The minimum atomic E-state index is -0.758. The van der Waals surface area contributed by atoms with Crippen LogP contribution in [0.25, 0.3) is 0 Å². The highest BCUT2D eigenvalue weighted by molar-refractivity contribution is 6.11. The van der Waals surface area contributed by atoms with E-state index in [1.807, 2.05) is 25.7 Å². The summed E-state index contributed by atoms with van der Waals surface area (Å²) in [5.74, 6) is -2.86. The average Bonchev–Trinajstić information content (AvgIpc) is 3.17. The van der Waals surface area contributed by atoms with Crippen LogP contribution in [-0.4, -0.2) is 69.5 Å². The third-order valence-electron chi connectivity index (χ3n) is 5.80. The van der Waals surface area contributed by atoms with Crippen molar-refractivity contribution in [2.24, 2.45) is 0 Å². The van der Waals surface area contributed by atoms with Crippen LogP contribution >= 0.6 is 0 Å². The Bertz CT molecular complexity index is 1380. The largest absolute Gasteiger partial charge is 0.444 e. The second kappa shape index (κ2) is 12.0. The van der Waals surface area contributed by atoms with Crippen molar-refractivity contribution < 1.29 is 27.9 Å². The zero-order chi connectivity index (χ0) is 28.9. The summed E-state index contributed by atoms with van der Waals surface area (Å²) in [6.07, 6.45) is 4.28. The topological polar surface area (TPSA) is 130 Å². The molecule has 0 aliphatic carbocycles. The third-order valence-corrected chi connectivity index (χ3v) is 5.80. The van der Waals surface area contributed by atoms with Gasteiger partial charge in [-0.05, 0) is 57.5 Å². The highest BCUT2D eigenvalue weighted by atomic mass is 19.1. The van der Waals surface area contributed by atoms with Crippen LogP contribution < -0.4 is 15.5 Å². The maximum absolute atomic E-state index is 13.9. The van der Waals surface area contributed by atoms with Crippen molar-refractivity contribution >= 4 is 35.1 Å². The molecule has 40 heavy (non-hydrogen) atoms. The number of hydrogen-bond acceptors (Lipinski definition) is 8. The first-order valence-electron chi connectivity index (χ1n) is 12.6. The first kappa shape index (κ1) is 28.3. The Labute approximate surface area is 229 Å². The van der Waals surface area contributed by atoms with Crippen molar-refractivity contribution in [2.75, 3.05) is 41.7 Å². The quantitative estimate of drug-likeness (QED) is 0.483. The average molecular weight is 554 g/mol. The lowest BCUT2D eigenvalue weighted by atomic mass is 10.1. The molecule has 11 nitrogen and oxygen atoms in total. The molecule has 1 fully saturated rings. The fourth-order valence-corrected chi connectivity index (χ4v) is 3.91. The van der Waals surface area contributed by atoms with Crippen molar-refractivity contribution in [3.05, 3.63) is 71.9 Å². The van der Waals surface area contributed by atoms with Crippen molar-refractivity contribution in [1.82, 2.24) is 19.9 Å². The summed E-state index contributed by atoms with van der Waals surface area (Å²) < 4.78 is 32.5. The molecule has 1 aliphatic rings. The molecule has 3 heterocycles. The van der Waals surface area contributed by atoms with Gasteiger partial charge in [-0.25, -0.2) is 28.5 Å². The molecule has 0 spiro atoms. The van der Waals surface area contributed by atoms with Crippen LogP contribution in [-0.2, 0) is 4.74 Å². The maximum Gasteiger partial charge on any atom is 0.410 e. The monoisotopic (exact) mass is 553 g/mol. The van der Waals surface area contributed by atoms with Crippen molar-refractivity contribution in [2.45, 2.75) is 32.8 Å². The van der Waals surface area contributed by atoms with Crippen LogP contribution in [0.2, 0.25) is 0 Å². The summed E-state index contributed by atoms with van der Waals surface area (Å²) in [7, 11) is 0. The van der Waals surface area contributed by atoms with Gasteiger partial charge < -0.3 is 25.2 Å². The summed E-state index contributed by atoms with van der Waals surface area (Å²) in [5.41, 5.74) is -0.0501. The minimum absolute atomic E-state index is 0.0217. The molecule has 0 bridgehead atoms. The molecule has 3 aromatic rings. The lowest BCUT2D eigenvalue weighted by molar-refractivity contribution is 0.0263. The molecular formula is C27H29F2N7O4. The molecule has 0 unspecified atom stereocenters. The second-order valence-electron chi connectivity index (χ2n) is 10.0. The van der Waals surface area contributed by atoms with Crippen LogP contribution in [0.15, 0.2) is 48.9 Å². The van der Waals surface area contributed by atoms with E-state index < -0.39 is 29.0 Å². The number of halogens is 2. The van der Waals surface area contributed by atoms with Gasteiger partial charge in [0.05, 0.1) is 35.5 Å². The fraction of sp³-hybridized carbons (Fsp3) is 0.333. The Morgan fingerprint density at radius 2 is 1.57 bits per heavy atom. The first-order chi connectivity index (χ1) is 19.0. The number of hydrogen-bond donors (Lipinski definition) is 2. The molecule has 0 radical (unpaired) electrons. The summed E-state index contributed by atoms with van der Waals surface area (Å²) in [5, 5.41) is 4.96. The number of nitrogens with one attached hydrogen (secondary N) is 2. The van der Waals surface area contributed by atoms with Gasteiger partial charge in [0, 0.05) is 26.2 Å². The number of rotatable bonds is 5. The van der Waals surface area contributed by atoms with Gasteiger partial charge in [0.25, 0.3) is 11.8 Å². The van der Waals surface area contributed by atoms with Crippen LogP contribution in [0.5, 0.6) is 0 Å². The van der Waals surface area contributed by atoms with E-state index in [1.54, 1.807) is 4.90 Å². The molecule has 210 valence electrons. The third kappa shape index (κ3) is 7.46. The maximum atomic E-state index is 13.9. The number of amides is 3. The minimum Gasteiger partial charge on any atom is -0.444 e. The summed E-state index contributed by atoms with van der Waals surface area (Å²) in [6, 6.07) is 5.65. The van der Waals surface area contributed by atoms with E-state index in [1.165, 1.54) is 24.5 Å². The van der Waals surface area contributed by atoms with Gasteiger partial charge >= 0.3 is 6.09 Å². The van der Waals surface area contributed by atoms with Gasteiger partial charge in [0.2, 0.25) is 5.82 Å². The molecule has 2 aromatic heterocycles. The van der Waals surface area contributed by atoms with Crippen LogP contribution in [0.1, 0.15) is 48.2 Å². The number of benzene rings is 1. The van der Waals surface area contributed by atoms with E-state index in [4.69, 9.17) is 4.74 Å². The summed E-state index contributed by atoms with van der Waals surface area (Å²) in [4.78, 5) is 53.8. The van der Waals surface area contributed by atoms with E-state index in [0.29, 0.717) is 38.3 Å². The number of carbonyl (C=O) groups excluding carboxylic acids is 3. The molecule has 2 N–H and O–H groups in total. The Morgan fingerprint density at radius 1 is 0.850 bits per heavy atom. The summed E-state index contributed by atoms with van der Waals surface area (Å²) >= 11 is 0. The number of ether oxygens (including phenoxy) is 1. The molecule has 1 aromatic carbocycles. The summed E-state index contributed by atoms with van der Waals surface area (Å²) in [6.45, 7) is 7.66. The highest BCUT2D eigenvalue weighted by Gasteiger charge is 2.25. The lowest BCUT2D eigenvalue weighted by Gasteiger charge is -2.26. The van der Waals surface area contributed by atoms with E-state index in [0.717, 1.165) is 24.4 Å². The van der Waals surface area contributed by atoms with Gasteiger partial charge in [0.1, 0.15) is 23.1 Å². The molecule has 0 atom stereocenters. The molecular weight excluding hydrogens is 524 g/mol.